The summed E-state index contributed by atoms with van der Waals surface area (Å²) < 4.78 is 5.13. The van der Waals surface area contributed by atoms with Gasteiger partial charge in [-0.3, -0.25) is 9.69 Å². The Kier molecular flexibility index (Phi) is 6.89. The maximum Gasteiger partial charge on any atom is 0.323 e. The fourth-order valence-corrected chi connectivity index (χ4v) is 2.28. The molecule has 106 valence electrons. The zero-order valence-electron chi connectivity index (χ0n) is 11.9. The Balaban J connectivity index is 2.71. The number of benzene rings is 1. The maximum absolute atomic E-state index is 11.9. The summed E-state index contributed by atoms with van der Waals surface area (Å²) in [6.07, 6.45) is 1.75. The zero-order valence-corrected chi connectivity index (χ0v) is 12.6. The van der Waals surface area contributed by atoms with Crippen molar-refractivity contribution in [3.05, 3.63) is 34.9 Å². The summed E-state index contributed by atoms with van der Waals surface area (Å²) in [5.74, 6) is -0.145. The van der Waals surface area contributed by atoms with E-state index >= 15 is 0 Å². The second kappa shape index (κ2) is 8.18. The molecule has 0 heterocycles. The first kappa shape index (κ1) is 16.0. The van der Waals surface area contributed by atoms with Crippen LogP contribution >= 0.6 is 11.6 Å². The third kappa shape index (κ3) is 5.21. The molecule has 1 aromatic carbocycles. The summed E-state index contributed by atoms with van der Waals surface area (Å²) in [6.45, 7) is 5.01. The molecule has 4 heteroatoms. The third-order valence-corrected chi connectivity index (χ3v) is 3.21. The Labute approximate surface area is 120 Å². The molecular weight excluding hydrogens is 262 g/mol. The molecule has 0 aliphatic rings. The predicted molar refractivity (Wildman–Crippen MR) is 78.2 cm³/mol. The van der Waals surface area contributed by atoms with E-state index in [0.29, 0.717) is 18.2 Å². The molecule has 3 nitrogen and oxygen atoms in total. The molecular formula is C15H22ClNO2. The van der Waals surface area contributed by atoms with Crippen LogP contribution in [-0.2, 0) is 16.1 Å². The van der Waals surface area contributed by atoms with Crippen LogP contribution in [-0.4, -0.2) is 30.6 Å². The summed E-state index contributed by atoms with van der Waals surface area (Å²) in [5, 5.41) is 0.717. The fourth-order valence-electron chi connectivity index (χ4n) is 2.06. The Hall–Kier alpha value is -1.06. The largest absolute Gasteiger partial charge is 0.465 e. The lowest BCUT2D eigenvalue weighted by molar-refractivity contribution is -0.149. The monoisotopic (exact) mass is 283 g/mol. The van der Waals surface area contributed by atoms with E-state index in [2.05, 4.69) is 6.92 Å². The van der Waals surface area contributed by atoms with E-state index in [1.54, 1.807) is 0 Å². The Morgan fingerprint density at radius 2 is 2.16 bits per heavy atom. The van der Waals surface area contributed by atoms with Crippen LogP contribution in [0.15, 0.2) is 24.3 Å². The smallest absolute Gasteiger partial charge is 0.323 e. The van der Waals surface area contributed by atoms with Crippen molar-refractivity contribution in [3.63, 3.8) is 0 Å². The highest BCUT2D eigenvalue weighted by Gasteiger charge is 2.23. The van der Waals surface area contributed by atoms with E-state index in [0.717, 1.165) is 18.4 Å². The molecule has 0 spiro atoms. The molecule has 19 heavy (non-hydrogen) atoms. The van der Waals surface area contributed by atoms with Crippen molar-refractivity contribution >= 4 is 17.6 Å². The van der Waals surface area contributed by atoms with Gasteiger partial charge in [-0.15, -0.1) is 0 Å². The molecule has 1 atom stereocenters. The molecule has 0 N–H and O–H groups in total. The molecule has 0 aromatic heterocycles. The van der Waals surface area contributed by atoms with Crippen LogP contribution in [0.5, 0.6) is 0 Å². The summed E-state index contributed by atoms with van der Waals surface area (Å²) in [5.41, 5.74) is 1.10. The van der Waals surface area contributed by atoms with Crippen LogP contribution in [0.4, 0.5) is 0 Å². The van der Waals surface area contributed by atoms with E-state index in [1.807, 2.05) is 43.1 Å². The minimum atomic E-state index is -0.191. The Morgan fingerprint density at radius 3 is 2.74 bits per heavy atom. The number of ether oxygens (including phenoxy) is 1. The van der Waals surface area contributed by atoms with Crippen molar-refractivity contribution in [1.82, 2.24) is 4.90 Å². The minimum Gasteiger partial charge on any atom is -0.465 e. The van der Waals surface area contributed by atoms with Crippen LogP contribution in [0.2, 0.25) is 5.02 Å². The summed E-state index contributed by atoms with van der Waals surface area (Å²) in [4.78, 5) is 14.0. The minimum absolute atomic E-state index is 0.145. The molecule has 0 saturated heterocycles. The number of esters is 1. The lowest BCUT2D eigenvalue weighted by atomic mass is 10.1. The van der Waals surface area contributed by atoms with E-state index in [1.165, 1.54) is 0 Å². The van der Waals surface area contributed by atoms with Gasteiger partial charge in [0.05, 0.1) is 6.61 Å². The van der Waals surface area contributed by atoms with Gasteiger partial charge in [0.15, 0.2) is 0 Å². The summed E-state index contributed by atoms with van der Waals surface area (Å²) >= 11 is 5.97. The quantitative estimate of drug-likeness (QED) is 0.717. The normalized spacial score (nSPS) is 12.5. The van der Waals surface area contributed by atoms with Gasteiger partial charge >= 0.3 is 5.97 Å². The number of carbonyl (C=O) groups excluding carboxylic acids is 1. The number of hydrogen-bond acceptors (Lipinski definition) is 3. The van der Waals surface area contributed by atoms with E-state index in [-0.39, 0.29) is 12.0 Å². The highest BCUT2D eigenvalue weighted by molar-refractivity contribution is 6.30. The van der Waals surface area contributed by atoms with Gasteiger partial charge in [-0.25, -0.2) is 0 Å². The van der Waals surface area contributed by atoms with E-state index < -0.39 is 0 Å². The first-order chi connectivity index (χ1) is 9.08. The summed E-state index contributed by atoms with van der Waals surface area (Å²) in [6, 6.07) is 7.51. The second-order valence-corrected chi connectivity index (χ2v) is 5.04. The molecule has 0 radical (unpaired) electrons. The highest BCUT2D eigenvalue weighted by Crippen LogP contribution is 2.15. The molecule has 1 aromatic rings. The number of nitrogens with zero attached hydrogens (tertiary/aromatic N) is 1. The lowest BCUT2D eigenvalue weighted by Crippen LogP contribution is -2.39. The van der Waals surface area contributed by atoms with Gasteiger partial charge in [-0.1, -0.05) is 37.1 Å². The maximum atomic E-state index is 11.9. The number of halogens is 1. The zero-order chi connectivity index (χ0) is 14.3. The number of hydrogen-bond donors (Lipinski definition) is 0. The van der Waals surface area contributed by atoms with Crippen molar-refractivity contribution < 1.29 is 9.53 Å². The predicted octanol–water partition coefficient (Wildman–Crippen LogP) is 3.50. The van der Waals surface area contributed by atoms with Crippen LogP contribution in [0.3, 0.4) is 0 Å². The molecule has 0 aliphatic heterocycles. The molecule has 0 fully saturated rings. The van der Waals surface area contributed by atoms with Crippen LogP contribution in [0, 0.1) is 0 Å². The van der Waals surface area contributed by atoms with Gasteiger partial charge in [-0.2, -0.15) is 0 Å². The SMILES string of the molecule is CCCC(C(=O)OCC)N(C)Cc1cccc(Cl)c1. The van der Waals surface area contributed by atoms with Crippen molar-refractivity contribution in [2.24, 2.45) is 0 Å². The van der Waals surface area contributed by atoms with E-state index in [9.17, 15) is 4.79 Å². The average molecular weight is 284 g/mol. The molecule has 0 bridgehead atoms. The Morgan fingerprint density at radius 1 is 1.42 bits per heavy atom. The summed E-state index contributed by atoms with van der Waals surface area (Å²) in [7, 11) is 1.94. The first-order valence-electron chi connectivity index (χ1n) is 6.69. The second-order valence-electron chi connectivity index (χ2n) is 4.60. The van der Waals surface area contributed by atoms with Gasteiger partial charge in [0, 0.05) is 11.6 Å². The third-order valence-electron chi connectivity index (χ3n) is 2.97. The fraction of sp³-hybridized carbons (Fsp3) is 0.533. The topological polar surface area (TPSA) is 29.5 Å². The van der Waals surface area contributed by atoms with Crippen molar-refractivity contribution in [2.75, 3.05) is 13.7 Å². The molecule has 0 saturated carbocycles. The van der Waals surface area contributed by atoms with Crippen LogP contribution in [0.1, 0.15) is 32.3 Å². The average Bonchev–Trinajstić information content (AvgIpc) is 2.36. The van der Waals surface area contributed by atoms with Gasteiger partial charge in [0.25, 0.3) is 0 Å². The van der Waals surface area contributed by atoms with Crippen molar-refractivity contribution in [3.8, 4) is 0 Å². The van der Waals surface area contributed by atoms with Crippen molar-refractivity contribution in [2.45, 2.75) is 39.3 Å². The number of rotatable bonds is 7. The molecule has 1 unspecified atom stereocenters. The highest BCUT2D eigenvalue weighted by atomic mass is 35.5. The van der Waals surface area contributed by atoms with Gasteiger partial charge < -0.3 is 4.74 Å². The number of likely N-dealkylation sites (N-methyl/N-ethyl adjacent to an activating group) is 1. The molecule has 0 amide bonds. The van der Waals surface area contributed by atoms with Crippen molar-refractivity contribution in [1.29, 1.82) is 0 Å². The lowest BCUT2D eigenvalue weighted by Gasteiger charge is -2.26. The van der Waals surface area contributed by atoms with E-state index in [4.69, 9.17) is 16.3 Å². The first-order valence-corrected chi connectivity index (χ1v) is 7.07. The number of carbonyl (C=O) groups is 1. The standard InChI is InChI=1S/C15H22ClNO2/c1-4-7-14(15(18)19-5-2)17(3)11-12-8-6-9-13(16)10-12/h6,8-10,14H,4-5,7,11H2,1-3H3. The van der Waals surface area contributed by atoms with Gasteiger partial charge in [0.1, 0.15) is 6.04 Å². The van der Waals surface area contributed by atoms with Gasteiger partial charge in [0.2, 0.25) is 0 Å². The van der Waals surface area contributed by atoms with Crippen LogP contribution in [0.25, 0.3) is 0 Å². The van der Waals surface area contributed by atoms with Gasteiger partial charge in [-0.05, 0) is 38.1 Å². The van der Waals surface area contributed by atoms with Crippen LogP contribution < -0.4 is 0 Å². The molecule has 1 rings (SSSR count). The Bertz CT molecular complexity index is 409. The molecule has 0 aliphatic carbocycles.